The van der Waals surface area contributed by atoms with Gasteiger partial charge in [0.05, 0.1) is 29.2 Å². The molecule has 0 fully saturated rings. The summed E-state index contributed by atoms with van der Waals surface area (Å²) < 4.78 is 8.95. The van der Waals surface area contributed by atoms with Crippen molar-refractivity contribution in [3.05, 3.63) is 33.0 Å². The van der Waals surface area contributed by atoms with Gasteiger partial charge in [-0.15, -0.1) is 5.10 Å². The second-order valence-electron chi connectivity index (χ2n) is 5.68. The van der Waals surface area contributed by atoms with E-state index in [1.807, 2.05) is 12.1 Å². The van der Waals surface area contributed by atoms with E-state index in [-0.39, 0.29) is 5.54 Å². The lowest BCUT2D eigenvalue weighted by atomic mass is 10.1. The van der Waals surface area contributed by atoms with Gasteiger partial charge in [0.25, 0.3) is 0 Å². The Morgan fingerprint density at radius 2 is 1.95 bits per heavy atom. The number of benzene rings is 1. The van der Waals surface area contributed by atoms with Crippen LogP contribution < -0.4 is 10.1 Å². The number of methoxy groups -OCH3 is 1. The Morgan fingerprint density at radius 3 is 2.57 bits per heavy atom. The van der Waals surface area contributed by atoms with Crippen molar-refractivity contribution in [2.75, 3.05) is 7.11 Å². The molecule has 0 bridgehead atoms. The number of rotatable bonds is 4. The van der Waals surface area contributed by atoms with Crippen molar-refractivity contribution >= 4 is 31.9 Å². The van der Waals surface area contributed by atoms with Crippen LogP contribution in [0.15, 0.2) is 27.3 Å². The van der Waals surface area contributed by atoms with E-state index in [9.17, 15) is 0 Å². The van der Waals surface area contributed by atoms with Gasteiger partial charge in [0, 0.05) is 22.6 Å². The maximum Gasteiger partial charge on any atom is 0.135 e. The van der Waals surface area contributed by atoms with Gasteiger partial charge in [0.1, 0.15) is 5.75 Å². The molecule has 2 rings (SSSR count). The average Bonchev–Trinajstić information content (AvgIpc) is 2.84. The lowest BCUT2D eigenvalue weighted by molar-refractivity contribution is 0.410. The Labute approximate surface area is 141 Å². The number of hydrogen-bond donors (Lipinski definition) is 1. The summed E-state index contributed by atoms with van der Waals surface area (Å²) >= 11 is 7.03. The molecule has 0 saturated heterocycles. The molecular weight excluding hydrogens is 400 g/mol. The van der Waals surface area contributed by atoms with Crippen LogP contribution in [-0.4, -0.2) is 27.6 Å². The number of nitrogens with zero attached hydrogens (tertiary/aromatic N) is 3. The fourth-order valence-corrected chi connectivity index (χ4v) is 3.10. The highest BCUT2D eigenvalue weighted by Gasteiger charge is 2.15. The molecular formula is C14H18Br2N4O. The third kappa shape index (κ3) is 4.05. The molecule has 7 heteroatoms. The lowest BCUT2D eigenvalue weighted by Crippen LogP contribution is -2.35. The average molecular weight is 418 g/mol. The smallest absolute Gasteiger partial charge is 0.135 e. The first-order chi connectivity index (χ1) is 9.81. The highest BCUT2D eigenvalue weighted by Crippen LogP contribution is 2.33. The minimum Gasteiger partial charge on any atom is -0.495 e. The molecule has 1 aromatic heterocycles. The maximum atomic E-state index is 5.35. The third-order valence-electron chi connectivity index (χ3n) is 2.87. The van der Waals surface area contributed by atoms with Crippen LogP contribution in [0.4, 0.5) is 0 Å². The first kappa shape index (κ1) is 16.5. The molecule has 0 aliphatic heterocycles. The van der Waals surface area contributed by atoms with Crippen LogP contribution in [0.2, 0.25) is 0 Å². The molecule has 0 aliphatic rings. The summed E-state index contributed by atoms with van der Waals surface area (Å²) in [4.78, 5) is 0. The number of nitrogens with one attached hydrogen (secondary N) is 1. The SMILES string of the molecule is COc1cc(-n2nncc2CNC(C)(C)C)c(Br)cc1Br. The summed E-state index contributed by atoms with van der Waals surface area (Å²) in [6.07, 6.45) is 1.76. The predicted octanol–water partition coefficient (Wildman–Crippen LogP) is 3.69. The molecule has 1 aromatic carbocycles. The molecule has 0 spiro atoms. The largest absolute Gasteiger partial charge is 0.495 e. The van der Waals surface area contributed by atoms with Crippen LogP contribution >= 0.6 is 31.9 Å². The Morgan fingerprint density at radius 1 is 1.24 bits per heavy atom. The quantitative estimate of drug-likeness (QED) is 0.824. The van der Waals surface area contributed by atoms with E-state index in [4.69, 9.17) is 4.74 Å². The van der Waals surface area contributed by atoms with E-state index in [1.165, 1.54) is 0 Å². The fourth-order valence-electron chi connectivity index (χ4n) is 1.77. The zero-order chi connectivity index (χ0) is 15.6. The summed E-state index contributed by atoms with van der Waals surface area (Å²) in [5.74, 6) is 0.749. The molecule has 0 unspecified atom stereocenters. The molecule has 1 N–H and O–H groups in total. The summed E-state index contributed by atoms with van der Waals surface area (Å²) in [7, 11) is 1.64. The molecule has 21 heavy (non-hydrogen) atoms. The van der Waals surface area contributed by atoms with Crippen LogP contribution in [0.25, 0.3) is 5.69 Å². The van der Waals surface area contributed by atoms with Crippen molar-refractivity contribution in [2.24, 2.45) is 0 Å². The first-order valence-electron chi connectivity index (χ1n) is 6.50. The van der Waals surface area contributed by atoms with Gasteiger partial charge in [0.2, 0.25) is 0 Å². The molecule has 2 aromatic rings. The van der Waals surface area contributed by atoms with Crippen molar-refractivity contribution in [1.82, 2.24) is 20.3 Å². The van der Waals surface area contributed by atoms with Crippen LogP contribution in [0.5, 0.6) is 5.75 Å². The van der Waals surface area contributed by atoms with Gasteiger partial charge >= 0.3 is 0 Å². The topological polar surface area (TPSA) is 52.0 Å². The van der Waals surface area contributed by atoms with E-state index >= 15 is 0 Å². The third-order valence-corrected chi connectivity index (χ3v) is 4.12. The zero-order valence-corrected chi connectivity index (χ0v) is 15.6. The van der Waals surface area contributed by atoms with Gasteiger partial charge in [0.15, 0.2) is 0 Å². The molecule has 0 radical (unpaired) electrons. The normalized spacial score (nSPS) is 11.7. The Kier molecular flexibility index (Phi) is 5.06. The Hall–Kier alpha value is -0.920. The van der Waals surface area contributed by atoms with Crippen molar-refractivity contribution in [3.63, 3.8) is 0 Å². The highest BCUT2D eigenvalue weighted by molar-refractivity contribution is 9.11. The predicted molar refractivity (Wildman–Crippen MR) is 89.9 cm³/mol. The van der Waals surface area contributed by atoms with Crippen LogP contribution in [0, 0.1) is 0 Å². The van der Waals surface area contributed by atoms with Gasteiger partial charge in [-0.25, -0.2) is 4.68 Å². The van der Waals surface area contributed by atoms with E-state index in [1.54, 1.807) is 18.0 Å². The summed E-state index contributed by atoms with van der Waals surface area (Å²) in [6.45, 7) is 7.06. The summed E-state index contributed by atoms with van der Waals surface area (Å²) in [5, 5.41) is 11.6. The molecule has 1 heterocycles. The zero-order valence-electron chi connectivity index (χ0n) is 12.4. The minimum absolute atomic E-state index is 0.0315. The van der Waals surface area contributed by atoms with Crippen molar-refractivity contribution < 1.29 is 4.74 Å². The molecule has 114 valence electrons. The Balaban J connectivity index is 2.37. The lowest BCUT2D eigenvalue weighted by Gasteiger charge is -2.20. The van der Waals surface area contributed by atoms with Crippen molar-refractivity contribution in [2.45, 2.75) is 32.9 Å². The van der Waals surface area contributed by atoms with Gasteiger partial charge in [-0.05, 0) is 58.7 Å². The fraction of sp³-hybridized carbons (Fsp3) is 0.429. The summed E-state index contributed by atoms with van der Waals surface area (Å²) in [5.41, 5.74) is 1.90. The van der Waals surface area contributed by atoms with Gasteiger partial charge in [-0.1, -0.05) is 5.21 Å². The van der Waals surface area contributed by atoms with E-state index in [0.29, 0.717) is 6.54 Å². The number of aromatic nitrogens is 3. The van der Waals surface area contributed by atoms with Crippen molar-refractivity contribution in [3.8, 4) is 11.4 Å². The van der Waals surface area contributed by atoms with E-state index in [2.05, 4.69) is 68.3 Å². The monoisotopic (exact) mass is 416 g/mol. The van der Waals surface area contributed by atoms with E-state index in [0.717, 1.165) is 26.1 Å². The highest BCUT2D eigenvalue weighted by atomic mass is 79.9. The Bertz CT molecular complexity index is 634. The van der Waals surface area contributed by atoms with Crippen LogP contribution in [0.3, 0.4) is 0 Å². The van der Waals surface area contributed by atoms with Crippen molar-refractivity contribution in [1.29, 1.82) is 0 Å². The second-order valence-corrected chi connectivity index (χ2v) is 7.39. The minimum atomic E-state index is 0.0315. The number of hydrogen-bond acceptors (Lipinski definition) is 4. The number of ether oxygens (including phenoxy) is 1. The summed E-state index contributed by atoms with van der Waals surface area (Å²) in [6, 6.07) is 3.86. The second kappa shape index (κ2) is 6.46. The first-order valence-corrected chi connectivity index (χ1v) is 8.08. The van der Waals surface area contributed by atoms with Gasteiger partial charge < -0.3 is 10.1 Å². The van der Waals surface area contributed by atoms with Crippen LogP contribution in [-0.2, 0) is 6.54 Å². The van der Waals surface area contributed by atoms with Crippen LogP contribution in [0.1, 0.15) is 26.5 Å². The number of halogens is 2. The molecule has 0 amide bonds. The van der Waals surface area contributed by atoms with E-state index < -0.39 is 0 Å². The van der Waals surface area contributed by atoms with Gasteiger partial charge in [-0.2, -0.15) is 0 Å². The molecule has 5 nitrogen and oxygen atoms in total. The molecule has 0 aliphatic carbocycles. The molecule has 0 atom stereocenters. The van der Waals surface area contributed by atoms with Gasteiger partial charge in [-0.3, -0.25) is 0 Å². The maximum absolute atomic E-state index is 5.35. The molecule has 0 saturated carbocycles. The standard InChI is InChI=1S/C14H18Br2N4O/c1-14(2,3)17-7-9-8-18-19-20(9)12-6-13(21-4)11(16)5-10(12)15/h5-6,8,17H,7H2,1-4H3.